The number of likely N-dealkylation sites (N-methyl/N-ethyl adjacent to an activating group) is 1. The Bertz CT molecular complexity index is 1660. The maximum Gasteiger partial charge on any atom is 0.407 e. The molecular formula is C40H57ClN6O7. The monoisotopic (exact) mass is 768 g/mol. The van der Waals surface area contributed by atoms with Crippen molar-refractivity contribution in [3.8, 4) is 0 Å². The smallest absolute Gasteiger partial charge is 0.407 e. The van der Waals surface area contributed by atoms with Crippen LogP contribution in [0.4, 0.5) is 9.59 Å². The number of hydrogen-bond donors (Lipinski definition) is 4. The predicted octanol–water partition coefficient (Wildman–Crippen LogP) is 6.39. The second-order valence-electron chi connectivity index (χ2n) is 14.1. The molecule has 0 aliphatic heterocycles. The second kappa shape index (κ2) is 21.5. The topological polar surface area (TPSA) is 153 Å². The van der Waals surface area contributed by atoms with E-state index in [9.17, 15) is 24.3 Å². The molecule has 3 aromatic rings. The molecule has 2 atom stereocenters. The minimum atomic E-state index is -1.02. The molecule has 296 valence electrons. The molecule has 0 saturated heterocycles. The number of urea groups is 1. The van der Waals surface area contributed by atoms with Crippen LogP contribution in [0.1, 0.15) is 71.9 Å². The first kappa shape index (κ1) is 44.0. The summed E-state index contributed by atoms with van der Waals surface area (Å²) < 4.78 is 11.9. The van der Waals surface area contributed by atoms with Crippen LogP contribution in [0.25, 0.3) is 10.8 Å². The zero-order chi connectivity index (χ0) is 39.8. The van der Waals surface area contributed by atoms with Gasteiger partial charge < -0.3 is 35.0 Å². The van der Waals surface area contributed by atoms with Crippen molar-refractivity contribution in [3.63, 3.8) is 0 Å². The van der Waals surface area contributed by atoms with Crippen molar-refractivity contribution in [3.05, 3.63) is 82.9 Å². The highest BCUT2D eigenvalue weighted by Crippen LogP contribution is 2.24. The number of hydrogen-bond acceptors (Lipinski definition) is 7. The molecule has 0 aliphatic carbocycles. The number of benzene rings is 3. The lowest BCUT2D eigenvalue weighted by Gasteiger charge is -2.37. The van der Waals surface area contributed by atoms with E-state index in [2.05, 4.69) is 16.1 Å². The Labute approximate surface area is 324 Å². The third-order valence-corrected chi connectivity index (χ3v) is 9.14. The molecule has 0 fully saturated rings. The van der Waals surface area contributed by atoms with Crippen LogP contribution in [-0.2, 0) is 32.2 Å². The summed E-state index contributed by atoms with van der Waals surface area (Å²) in [6.45, 7) is 12.3. The van der Waals surface area contributed by atoms with Crippen LogP contribution in [0.5, 0.6) is 0 Å². The van der Waals surface area contributed by atoms with E-state index in [0.717, 1.165) is 21.9 Å². The second-order valence-corrected chi connectivity index (χ2v) is 14.6. The van der Waals surface area contributed by atoms with Crippen LogP contribution in [0.15, 0.2) is 66.7 Å². The molecule has 14 heteroatoms. The van der Waals surface area contributed by atoms with Gasteiger partial charge in [-0.3, -0.25) is 15.0 Å². The zero-order valence-corrected chi connectivity index (χ0v) is 33.3. The third-order valence-electron chi connectivity index (χ3n) is 8.89. The lowest BCUT2D eigenvalue weighted by molar-refractivity contribution is -0.179. The van der Waals surface area contributed by atoms with E-state index < -0.39 is 41.9 Å². The van der Waals surface area contributed by atoms with Gasteiger partial charge in [-0.1, -0.05) is 66.2 Å². The number of nitrogens with zero attached hydrogens (tertiary/aromatic N) is 3. The van der Waals surface area contributed by atoms with Crippen LogP contribution in [0, 0.1) is 0 Å². The van der Waals surface area contributed by atoms with Crippen LogP contribution < -0.4 is 16.1 Å². The molecule has 0 unspecified atom stereocenters. The largest absolute Gasteiger partial charge is 0.465 e. The highest BCUT2D eigenvalue weighted by Gasteiger charge is 2.34. The Morgan fingerprint density at radius 2 is 1.56 bits per heavy atom. The molecule has 4 N–H and O–H groups in total. The molecule has 5 amide bonds. The molecular weight excluding hydrogens is 712 g/mol. The Morgan fingerprint density at radius 3 is 2.19 bits per heavy atom. The third kappa shape index (κ3) is 13.8. The van der Waals surface area contributed by atoms with Gasteiger partial charge in [-0.25, -0.2) is 14.6 Å². The number of carbonyl (C=O) groups is 4. The maximum atomic E-state index is 14.8. The van der Waals surface area contributed by atoms with E-state index >= 15 is 0 Å². The zero-order valence-electron chi connectivity index (χ0n) is 32.6. The van der Waals surface area contributed by atoms with Gasteiger partial charge in [-0.2, -0.15) is 0 Å². The molecule has 0 heterocycles. The fourth-order valence-electron chi connectivity index (χ4n) is 6.12. The normalized spacial score (nSPS) is 12.7. The average molecular weight is 769 g/mol. The van der Waals surface area contributed by atoms with Crippen LogP contribution >= 0.6 is 11.6 Å². The number of unbranched alkanes of at least 4 members (excludes halogenated alkanes) is 1. The van der Waals surface area contributed by atoms with Gasteiger partial charge in [-0.15, -0.1) is 0 Å². The molecule has 3 rings (SSSR count). The number of rotatable bonds is 20. The summed E-state index contributed by atoms with van der Waals surface area (Å²) in [6.07, 6.45) is -0.586. The molecule has 0 spiro atoms. The first-order chi connectivity index (χ1) is 25.6. The molecule has 0 saturated carbocycles. The minimum absolute atomic E-state index is 0.219. The van der Waals surface area contributed by atoms with E-state index in [1.165, 1.54) is 9.91 Å². The number of halogens is 1. The first-order valence-electron chi connectivity index (χ1n) is 18.4. The summed E-state index contributed by atoms with van der Waals surface area (Å²) in [5.74, 6) is -0.824. The molecule has 0 aliphatic rings. The first-order valence-corrected chi connectivity index (χ1v) is 18.8. The maximum absolute atomic E-state index is 14.8. The molecule has 0 bridgehead atoms. The van der Waals surface area contributed by atoms with Gasteiger partial charge in [0, 0.05) is 50.5 Å². The molecule has 0 radical (unpaired) electrons. The predicted molar refractivity (Wildman–Crippen MR) is 211 cm³/mol. The summed E-state index contributed by atoms with van der Waals surface area (Å²) >= 11 is 5.95. The summed E-state index contributed by atoms with van der Waals surface area (Å²) in [4.78, 5) is 55.9. The Hall–Kier alpha value is -4.43. The van der Waals surface area contributed by atoms with Crippen molar-refractivity contribution in [2.75, 3.05) is 33.4 Å². The molecule has 54 heavy (non-hydrogen) atoms. The molecule has 13 nitrogen and oxygen atoms in total. The number of carbonyl (C=O) groups excluding carboxylic acids is 3. The number of carboxylic acid groups (broad SMARTS) is 1. The summed E-state index contributed by atoms with van der Waals surface area (Å²) in [5.41, 5.74) is 3.79. The Kier molecular flexibility index (Phi) is 17.5. The number of amides is 5. The Morgan fingerprint density at radius 1 is 0.907 bits per heavy atom. The van der Waals surface area contributed by atoms with Crippen LogP contribution in [-0.4, -0.2) is 101 Å². The van der Waals surface area contributed by atoms with Crippen LogP contribution in [0.3, 0.4) is 0 Å². The van der Waals surface area contributed by atoms with Gasteiger partial charge in [0.25, 0.3) is 0 Å². The quantitative estimate of drug-likeness (QED) is 0.0587. The van der Waals surface area contributed by atoms with Crippen LogP contribution in [0.2, 0.25) is 5.02 Å². The van der Waals surface area contributed by atoms with Gasteiger partial charge >= 0.3 is 12.1 Å². The van der Waals surface area contributed by atoms with Crippen molar-refractivity contribution >= 4 is 46.3 Å². The van der Waals surface area contributed by atoms with Crippen molar-refractivity contribution < 1.29 is 33.8 Å². The minimum Gasteiger partial charge on any atom is -0.465 e. The van der Waals surface area contributed by atoms with Gasteiger partial charge in [0.15, 0.2) is 6.29 Å². The summed E-state index contributed by atoms with van der Waals surface area (Å²) in [7, 11) is 1.55. The number of ether oxygens (including phenoxy) is 2. The molecule has 3 aromatic carbocycles. The average Bonchev–Trinajstić information content (AvgIpc) is 3.11. The van der Waals surface area contributed by atoms with E-state index in [0.29, 0.717) is 31.1 Å². The lowest BCUT2D eigenvalue weighted by atomic mass is 10.0. The molecule has 0 aromatic heterocycles. The van der Waals surface area contributed by atoms with Crippen molar-refractivity contribution in [2.45, 2.75) is 97.8 Å². The van der Waals surface area contributed by atoms with Gasteiger partial charge in [0.05, 0.1) is 12.6 Å². The van der Waals surface area contributed by atoms with E-state index in [1.54, 1.807) is 36.2 Å². The van der Waals surface area contributed by atoms with Crippen molar-refractivity contribution in [1.29, 1.82) is 0 Å². The van der Waals surface area contributed by atoms with E-state index in [4.69, 9.17) is 21.1 Å². The SMILES string of the molecule is CCOC(OCC)[C@H](C)N(Cc1cccc2ccccc12)C(=O)[C@H](CCCCN(C(=O)O)C(C)(C)C)NC(=O)CN(C)NC(=O)NCc1ccc(Cl)cc1. The fraction of sp³-hybridized carbons (Fsp3) is 0.500. The number of fused-ring (bicyclic) bond motifs is 1. The van der Waals surface area contributed by atoms with E-state index in [1.807, 2.05) is 84.0 Å². The fourth-order valence-corrected chi connectivity index (χ4v) is 6.25. The highest BCUT2D eigenvalue weighted by molar-refractivity contribution is 6.30. The van der Waals surface area contributed by atoms with E-state index in [-0.39, 0.29) is 38.5 Å². The highest BCUT2D eigenvalue weighted by atomic mass is 35.5. The standard InChI is InChI=1S/C40H57ClN6O7/c1-8-53-37(54-9-2)28(3)46(26-31-17-14-16-30-15-10-11-18-33(30)31)36(49)34(19-12-13-24-47(39(51)52)40(4,5)6)43-35(48)27-45(7)44-38(50)42-25-29-20-22-32(41)23-21-29/h10-11,14-18,20-23,28,34,37H,8-9,12-13,19,24-27H2,1-7H3,(H,43,48)(H,51,52)(H2,42,44,50)/t28-,34-/m0/s1. The summed E-state index contributed by atoms with van der Waals surface area (Å²) in [5, 5.41) is 19.4. The number of nitrogens with one attached hydrogen (secondary N) is 3. The van der Waals surface area contributed by atoms with Gasteiger partial charge in [0.1, 0.15) is 6.04 Å². The lowest BCUT2D eigenvalue weighted by Crippen LogP contribution is -2.56. The van der Waals surface area contributed by atoms with Gasteiger partial charge in [-0.05, 0) is 94.8 Å². The van der Waals surface area contributed by atoms with Crippen molar-refractivity contribution in [1.82, 2.24) is 30.9 Å². The van der Waals surface area contributed by atoms with Crippen molar-refractivity contribution in [2.24, 2.45) is 0 Å². The Balaban J connectivity index is 1.84. The van der Waals surface area contributed by atoms with Gasteiger partial charge in [0.2, 0.25) is 11.8 Å². The summed E-state index contributed by atoms with van der Waals surface area (Å²) in [6, 6.07) is 18.9. The number of hydrazine groups is 1.